The molecular formula is C8H6F4O3S. The first-order chi connectivity index (χ1) is 7.13. The van der Waals surface area contributed by atoms with Crippen LogP contribution in [0.25, 0.3) is 0 Å². The molecule has 1 aromatic carbocycles. The molecule has 0 aliphatic carbocycles. The molecule has 3 nitrogen and oxygen atoms in total. The maximum absolute atomic E-state index is 12.7. The molecule has 0 aliphatic heterocycles. The zero-order chi connectivity index (χ0) is 12.6. The van der Waals surface area contributed by atoms with Gasteiger partial charge in [0, 0.05) is 0 Å². The summed E-state index contributed by atoms with van der Waals surface area (Å²) in [7, 11) is -5.70. The lowest BCUT2D eigenvalue weighted by molar-refractivity contribution is -0.0500. The fourth-order valence-corrected chi connectivity index (χ4v) is 1.29. The van der Waals surface area contributed by atoms with Crippen molar-refractivity contribution in [3.63, 3.8) is 0 Å². The molecule has 0 saturated carbocycles. The molecule has 0 unspecified atom stereocenters. The second kappa shape index (κ2) is 3.93. The summed E-state index contributed by atoms with van der Waals surface area (Å²) >= 11 is 0. The highest BCUT2D eigenvalue weighted by Crippen LogP contribution is 2.27. The van der Waals surface area contributed by atoms with Gasteiger partial charge >= 0.3 is 15.6 Å². The SMILES string of the molecule is Cc1cc(OS(=O)(=O)C(F)(F)F)ccc1F. The Bertz CT molecular complexity index is 492. The molecule has 0 aromatic heterocycles. The van der Waals surface area contributed by atoms with E-state index < -0.39 is 27.2 Å². The first kappa shape index (κ1) is 12.8. The summed E-state index contributed by atoms with van der Waals surface area (Å²) in [6, 6.07) is 2.47. The van der Waals surface area contributed by atoms with Crippen LogP contribution in [0.15, 0.2) is 18.2 Å². The number of benzene rings is 1. The third-order valence-electron chi connectivity index (χ3n) is 1.62. The topological polar surface area (TPSA) is 43.4 Å². The minimum absolute atomic E-state index is 0.0186. The first-order valence-corrected chi connectivity index (χ1v) is 5.31. The molecule has 0 aliphatic rings. The van der Waals surface area contributed by atoms with Gasteiger partial charge in [-0.15, -0.1) is 0 Å². The number of aryl methyl sites for hydroxylation is 1. The maximum atomic E-state index is 12.7. The van der Waals surface area contributed by atoms with Crippen LogP contribution in [-0.2, 0) is 10.1 Å². The van der Waals surface area contributed by atoms with Gasteiger partial charge in [0.1, 0.15) is 11.6 Å². The molecule has 0 fully saturated rings. The van der Waals surface area contributed by atoms with E-state index in [1.165, 1.54) is 6.92 Å². The molecule has 0 heterocycles. The molecule has 90 valence electrons. The van der Waals surface area contributed by atoms with Crippen molar-refractivity contribution < 1.29 is 30.2 Å². The van der Waals surface area contributed by atoms with Gasteiger partial charge in [-0.1, -0.05) is 0 Å². The molecule has 0 bridgehead atoms. The van der Waals surface area contributed by atoms with Crippen molar-refractivity contribution in [2.24, 2.45) is 0 Å². The van der Waals surface area contributed by atoms with Crippen LogP contribution in [0.3, 0.4) is 0 Å². The lowest BCUT2D eigenvalue weighted by Crippen LogP contribution is -2.28. The molecule has 8 heteroatoms. The van der Waals surface area contributed by atoms with E-state index in [4.69, 9.17) is 0 Å². The normalized spacial score (nSPS) is 12.6. The van der Waals surface area contributed by atoms with Crippen LogP contribution in [0, 0.1) is 12.7 Å². The Morgan fingerprint density at radius 2 is 1.81 bits per heavy atom. The van der Waals surface area contributed by atoms with E-state index >= 15 is 0 Å². The van der Waals surface area contributed by atoms with Gasteiger partial charge in [-0.25, -0.2) is 4.39 Å². The Balaban J connectivity index is 3.03. The summed E-state index contributed by atoms with van der Waals surface area (Å²) in [5.41, 5.74) is -5.52. The zero-order valence-corrected chi connectivity index (χ0v) is 8.69. The molecule has 0 atom stereocenters. The van der Waals surface area contributed by atoms with Gasteiger partial charge in [0.2, 0.25) is 0 Å². The fraction of sp³-hybridized carbons (Fsp3) is 0.250. The van der Waals surface area contributed by atoms with Gasteiger partial charge in [-0.05, 0) is 30.7 Å². The van der Waals surface area contributed by atoms with E-state index in [2.05, 4.69) is 4.18 Å². The minimum Gasteiger partial charge on any atom is -0.376 e. The third-order valence-corrected chi connectivity index (χ3v) is 2.60. The van der Waals surface area contributed by atoms with Crippen LogP contribution in [0.5, 0.6) is 5.75 Å². The molecule has 0 amide bonds. The van der Waals surface area contributed by atoms with E-state index in [9.17, 15) is 26.0 Å². The summed E-state index contributed by atoms with van der Waals surface area (Å²) in [6.07, 6.45) is 0. The molecule has 0 radical (unpaired) electrons. The lowest BCUT2D eigenvalue weighted by atomic mass is 10.2. The van der Waals surface area contributed by atoms with Crippen molar-refractivity contribution >= 4 is 10.1 Å². The fourth-order valence-electron chi connectivity index (χ4n) is 0.843. The Hall–Kier alpha value is -1.31. The molecule has 0 N–H and O–H groups in total. The lowest BCUT2D eigenvalue weighted by Gasteiger charge is -2.09. The summed E-state index contributed by atoms with van der Waals surface area (Å²) < 4.78 is 73.4. The molecule has 16 heavy (non-hydrogen) atoms. The average Bonchev–Trinajstić information content (AvgIpc) is 2.09. The van der Waals surface area contributed by atoms with Crippen molar-refractivity contribution in [3.05, 3.63) is 29.6 Å². The Kier molecular flexibility index (Phi) is 3.13. The largest absolute Gasteiger partial charge is 0.534 e. The van der Waals surface area contributed by atoms with Crippen molar-refractivity contribution in [3.8, 4) is 5.75 Å². The quantitative estimate of drug-likeness (QED) is 0.464. The van der Waals surface area contributed by atoms with Crippen LogP contribution < -0.4 is 4.18 Å². The van der Waals surface area contributed by atoms with Gasteiger partial charge in [0.15, 0.2) is 0 Å². The number of alkyl halides is 3. The zero-order valence-electron chi connectivity index (χ0n) is 7.88. The Morgan fingerprint density at radius 1 is 1.25 bits per heavy atom. The second-order valence-corrected chi connectivity index (χ2v) is 4.43. The monoisotopic (exact) mass is 258 g/mol. The molecule has 1 aromatic rings. The summed E-state index contributed by atoms with van der Waals surface area (Å²) in [4.78, 5) is 0. The Morgan fingerprint density at radius 3 is 2.25 bits per heavy atom. The highest BCUT2D eigenvalue weighted by atomic mass is 32.2. The average molecular weight is 258 g/mol. The van der Waals surface area contributed by atoms with Crippen LogP contribution in [0.4, 0.5) is 17.6 Å². The van der Waals surface area contributed by atoms with Crippen molar-refractivity contribution in [2.45, 2.75) is 12.4 Å². The Labute approximate surface area is 88.8 Å². The van der Waals surface area contributed by atoms with Crippen LogP contribution >= 0.6 is 0 Å². The number of rotatable bonds is 2. The van der Waals surface area contributed by atoms with Crippen molar-refractivity contribution in [1.82, 2.24) is 0 Å². The van der Waals surface area contributed by atoms with Crippen LogP contribution in [0.1, 0.15) is 5.56 Å². The highest BCUT2D eigenvalue weighted by molar-refractivity contribution is 7.87. The van der Waals surface area contributed by atoms with E-state index in [-0.39, 0.29) is 5.56 Å². The standard InChI is InChI=1S/C8H6F4O3S/c1-5-4-6(2-3-7(5)9)15-16(13,14)8(10,11)12/h2-4H,1H3. The van der Waals surface area contributed by atoms with E-state index in [0.717, 1.165) is 18.2 Å². The summed E-state index contributed by atoms with van der Waals surface area (Å²) in [5, 5.41) is 0. The van der Waals surface area contributed by atoms with E-state index in [1.807, 2.05) is 0 Å². The number of hydrogen-bond acceptors (Lipinski definition) is 3. The van der Waals surface area contributed by atoms with Crippen LogP contribution in [-0.4, -0.2) is 13.9 Å². The first-order valence-electron chi connectivity index (χ1n) is 3.90. The highest BCUT2D eigenvalue weighted by Gasteiger charge is 2.48. The second-order valence-electron chi connectivity index (χ2n) is 2.89. The summed E-state index contributed by atoms with van der Waals surface area (Å²) in [6.45, 7) is 1.27. The maximum Gasteiger partial charge on any atom is 0.534 e. The third kappa shape index (κ3) is 2.63. The molecule has 1 rings (SSSR count). The van der Waals surface area contributed by atoms with Gasteiger partial charge in [-0.2, -0.15) is 21.6 Å². The van der Waals surface area contributed by atoms with Gasteiger partial charge in [0.05, 0.1) is 0 Å². The summed E-state index contributed by atoms with van der Waals surface area (Å²) in [5.74, 6) is -1.26. The molecular weight excluding hydrogens is 252 g/mol. The minimum atomic E-state index is -5.70. The predicted octanol–water partition coefficient (Wildman–Crippen LogP) is 2.36. The van der Waals surface area contributed by atoms with E-state index in [1.54, 1.807) is 0 Å². The van der Waals surface area contributed by atoms with Gasteiger partial charge in [0.25, 0.3) is 0 Å². The molecule has 0 saturated heterocycles. The van der Waals surface area contributed by atoms with Crippen molar-refractivity contribution in [2.75, 3.05) is 0 Å². The van der Waals surface area contributed by atoms with Crippen molar-refractivity contribution in [1.29, 1.82) is 0 Å². The predicted molar refractivity (Wildman–Crippen MR) is 46.7 cm³/mol. The number of hydrogen-bond donors (Lipinski definition) is 0. The van der Waals surface area contributed by atoms with E-state index in [0.29, 0.717) is 0 Å². The van der Waals surface area contributed by atoms with Gasteiger partial charge in [-0.3, -0.25) is 0 Å². The van der Waals surface area contributed by atoms with Crippen LogP contribution in [0.2, 0.25) is 0 Å². The van der Waals surface area contributed by atoms with Gasteiger partial charge < -0.3 is 4.18 Å². The number of halogens is 4. The smallest absolute Gasteiger partial charge is 0.376 e. The molecule has 0 spiro atoms.